The van der Waals surface area contributed by atoms with Crippen LogP contribution in [0.2, 0.25) is 0 Å². The highest BCUT2D eigenvalue weighted by Gasteiger charge is 2.12. The summed E-state index contributed by atoms with van der Waals surface area (Å²) in [4.78, 5) is 15.4. The van der Waals surface area contributed by atoms with Gasteiger partial charge in [-0.1, -0.05) is 48.0 Å². The molecule has 0 heterocycles. The molecule has 0 amide bonds. The van der Waals surface area contributed by atoms with Crippen LogP contribution in [0.25, 0.3) is 0 Å². The number of rotatable bonds is 6. The zero-order valence-corrected chi connectivity index (χ0v) is 12.9. The Labute approximate surface area is 135 Å². The van der Waals surface area contributed by atoms with Crippen molar-refractivity contribution in [3.8, 4) is 0 Å². The number of aliphatic hydroxyl groups excluding tert-OH is 1. The molecule has 2 aromatic carbocycles. The number of hydrogen-bond donors (Lipinski definition) is 2. The van der Waals surface area contributed by atoms with Crippen molar-refractivity contribution < 1.29 is 15.0 Å². The lowest BCUT2D eigenvalue weighted by Gasteiger charge is -2.04. The molecule has 0 aliphatic rings. The second-order valence-electron chi connectivity index (χ2n) is 5.24. The van der Waals surface area contributed by atoms with Gasteiger partial charge in [-0.25, -0.2) is 4.79 Å². The Morgan fingerprint density at radius 3 is 2.30 bits per heavy atom. The lowest BCUT2D eigenvalue weighted by Crippen LogP contribution is -2.07. The first-order valence-electron chi connectivity index (χ1n) is 7.36. The van der Waals surface area contributed by atoms with Crippen LogP contribution in [0.15, 0.2) is 70.9 Å². The minimum atomic E-state index is -1.19. The molecule has 4 nitrogen and oxygen atoms in total. The van der Waals surface area contributed by atoms with Crippen molar-refractivity contribution in [2.75, 3.05) is 0 Å². The number of nitrogens with zero attached hydrogens (tertiary/aromatic N) is 1. The molecule has 4 heteroatoms. The van der Waals surface area contributed by atoms with Gasteiger partial charge in [-0.15, -0.1) is 0 Å². The van der Waals surface area contributed by atoms with Gasteiger partial charge < -0.3 is 10.2 Å². The van der Waals surface area contributed by atoms with Gasteiger partial charge in [0.15, 0.2) is 0 Å². The van der Waals surface area contributed by atoms with Crippen molar-refractivity contribution in [3.05, 3.63) is 77.1 Å². The molecule has 0 spiro atoms. The van der Waals surface area contributed by atoms with E-state index in [2.05, 4.69) is 4.99 Å². The molecule has 0 radical (unpaired) electrons. The fraction of sp³-hybridized carbons (Fsp3) is 0.158. The predicted octanol–water partition coefficient (Wildman–Crippen LogP) is 4.23. The van der Waals surface area contributed by atoms with Crippen molar-refractivity contribution in [1.29, 1.82) is 0 Å². The maximum Gasteiger partial charge on any atom is 0.340 e. The molecule has 0 fully saturated rings. The number of carboxylic acid groups (broad SMARTS) is 1. The molecular weight excluding hydrogens is 290 g/mol. The lowest BCUT2D eigenvalue weighted by atomic mass is 10.1. The highest BCUT2D eigenvalue weighted by molar-refractivity contribution is 6.09. The van der Waals surface area contributed by atoms with Gasteiger partial charge in [-0.3, -0.25) is 4.99 Å². The van der Waals surface area contributed by atoms with E-state index in [0.29, 0.717) is 12.1 Å². The number of aliphatic hydroxyl groups is 1. The Bertz CT molecular complexity index is 716. The number of carbonyl (C=O) groups is 1. The van der Waals surface area contributed by atoms with Crippen LogP contribution in [0.1, 0.15) is 17.5 Å². The van der Waals surface area contributed by atoms with E-state index in [0.717, 1.165) is 11.1 Å². The van der Waals surface area contributed by atoms with Crippen molar-refractivity contribution >= 4 is 17.9 Å². The SMILES string of the molecule is Cc1ccc(N=C/C(C(=O)O)=C(\O)CCc2ccccc2)cc1. The van der Waals surface area contributed by atoms with Crippen LogP contribution in [0.5, 0.6) is 0 Å². The van der Waals surface area contributed by atoms with Crippen LogP contribution < -0.4 is 0 Å². The standard InChI is InChI=1S/C19H19NO3/c1-14-7-10-16(11-8-14)20-13-17(19(22)23)18(21)12-9-15-5-3-2-4-6-15/h2-8,10-11,13,21H,9,12H2,1H3,(H,22,23)/b18-17+,20-13?. The minimum Gasteiger partial charge on any atom is -0.511 e. The van der Waals surface area contributed by atoms with Gasteiger partial charge in [0.05, 0.1) is 5.69 Å². The second-order valence-corrected chi connectivity index (χ2v) is 5.24. The zero-order valence-electron chi connectivity index (χ0n) is 12.9. The highest BCUT2D eigenvalue weighted by atomic mass is 16.4. The summed E-state index contributed by atoms with van der Waals surface area (Å²) in [7, 11) is 0. The number of allylic oxidation sites excluding steroid dienone is 1. The molecule has 0 atom stereocenters. The molecule has 23 heavy (non-hydrogen) atoms. The van der Waals surface area contributed by atoms with Crippen LogP contribution in [0, 0.1) is 6.92 Å². The van der Waals surface area contributed by atoms with E-state index >= 15 is 0 Å². The van der Waals surface area contributed by atoms with Crippen LogP contribution in [-0.2, 0) is 11.2 Å². The average molecular weight is 309 g/mol. The Kier molecular flexibility index (Phi) is 5.69. The molecule has 0 aliphatic carbocycles. The van der Waals surface area contributed by atoms with Gasteiger partial charge >= 0.3 is 5.97 Å². The third-order valence-corrected chi connectivity index (χ3v) is 3.41. The van der Waals surface area contributed by atoms with Crippen LogP contribution in [-0.4, -0.2) is 22.4 Å². The number of carboxylic acids is 1. The van der Waals surface area contributed by atoms with E-state index in [1.54, 1.807) is 12.1 Å². The quantitative estimate of drug-likeness (QED) is 0.476. The maximum atomic E-state index is 11.3. The summed E-state index contributed by atoms with van der Waals surface area (Å²) in [6, 6.07) is 17.0. The van der Waals surface area contributed by atoms with Gasteiger partial charge in [0.2, 0.25) is 0 Å². The first-order chi connectivity index (χ1) is 11.1. The van der Waals surface area contributed by atoms with Crippen LogP contribution >= 0.6 is 0 Å². The summed E-state index contributed by atoms with van der Waals surface area (Å²) >= 11 is 0. The third-order valence-electron chi connectivity index (χ3n) is 3.41. The van der Waals surface area contributed by atoms with Gasteiger partial charge in [-0.05, 0) is 31.0 Å². The summed E-state index contributed by atoms with van der Waals surface area (Å²) in [5.41, 5.74) is 2.61. The van der Waals surface area contributed by atoms with Crippen molar-refractivity contribution in [2.45, 2.75) is 19.8 Å². The van der Waals surface area contributed by atoms with E-state index in [9.17, 15) is 15.0 Å². The normalized spacial score (nSPS) is 12.2. The summed E-state index contributed by atoms with van der Waals surface area (Å²) in [5.74, 6) is -1.36. The monoisotopic (exact) mass is 309 g/mol. The number of hydrogen-bond acceptors (Lipinski definition) is 3. The molecule has 0 saturated carbocycles. The molecular formula is C19H19NO3. The summed E-state index contributed by atoms with van der Waals surface area (Å²) < 4.78 is 0. The Balaban J connectivity index is 2.12. The van der Waals surface area contributed by atoms with Crippen molar-refractivity contribution in [1.82, 2.24) is 0 Å². The van der Waals surface area contributed by atoms with E-state index in [1.165, 1.54) is 6.21 Å². The maximum absolute atomic E-state index is 11.3. The van der Waals surface area contributed by atoms with E-state index in [-0.39, 0.29) is 17.8 Å². The molecule has 2 N–H and O–H groups in total. The Morgan fingerprint density at radius 2 is 1.70 bits per heavy atom. The fourth-order valence-electron chi connectivity index (χ4n) is 2.07. The van der Waals surface area contributed by atoms with Crippen LogP contribution in [0.4, 0.5) is 5.69 Å². The largest absolute Gasteiger partial charge is 0.511 e. The number of aliphatic imine (C=N–C) groups is 1. The van der Waals surface area contributed by atoms with E-state index in [1.807, 2.05) is 49.4 Å². The Morgan fingerprint density at radius 1 is 1.04 bits per heavy atom. The minimum absolute atomic E-state index is 0.169. The van der Waals surface area contributed by atoms with Gasteiger partial charge in [0.25, 0.3) is 0 Å². The summed E-state index contributed by atoms with van der Waals surface area (Å²) in [6.45, 7) is 1.96. The first kappa shape index (κ1) is 16.5. The highest BCUT2D eigenvalue weighted by Crippen LogP contribution is 2.15. The lowest BCUT2D eigenvalue weighted by molar-refractivity contribution is -0.132. The topological polar surface area (TPSA) is 69.9 Å². The predicted molar refractivity (Wildman–Crippen MR) is 91.4 cm³/mol. The molecule has 0 unspecified atom stereocenters. The van der Waals surface area contributed by atoms with Crippen LogP contribution in [0.3, 0.4) is 0 Å². The molecule has 0 aliphatic heterocycles. The molecule has 0 bridgehead atoms. The number of aryl methyl sites for hydroxylation is 2. The second kappa shape index (κ2) is 7.94. The number of aliphatic carboxylic acids is 1. The van der Waals surface area contributed by atoms with E-state index < -0.39 is 5.97 Å². The van der Waals surface area contributed by atoms with Crippen molar-refractivity contribution in [2.24, 2.45) is 4.99 Å². The fourth-order valence-corrected chi connectivity index (χ4v) is 2.07. The molecule has 0 saturated heterocycles. The van der Waals surface area contributed by atoms with Gasteiger partial charge in [-0.2, -0.15) is 0 Å². The molecule has 118 valence electrons. The van der Waals surface area contributed by atoms with E-state index in [4.69, 9.17) is 0 Å². The summed E-state index contributed by atoms with van der Waals surface area (Å²) in [5, 5.41) is 19.3. The smallest absolute Gasteiger partial charge is 0.340 e. The Hall–Kier alpha value is -2.88. The van der Waals surface area contributed by atoms with Crippen molar-refractivity contribution in [3.63, 3.8) is 0 Å². The number of benzene rings is 2. The van der Waals surface area contributed by atoms with Gasteiger partial charge in [0.1, 0.15) is 11.3 Å². The molecule has 2 aromatic rings. The summed E-state index contributed by atoms with van der Waals surface area (Å²) in [6.07, 6.45) is 2.03. The zero-order chi connectivity index (χ0) is 16.7. The average Bonchev–Trinajstić information content (AvgIpc) is 2.55. The van der Waals surface area contributed by atoms with Gasteiger partial charge in [0, 0.05) is 12.6 Å². The first-order valence-corrected chi connectivity index (χ1v) is 7.36. The third kappa shape index (κ3) is 5.11. The molecule has 2 rings (SSSR count). The molecule has 0 aromatic heterocycles.